The van der Waals surface area contributed by atoms with E-state index in [-0.39, 0.29) is 11.6 Å². The van der Waals surface area contributed by atoms with Crippen molar-refractivity contribution in [2.45, 2.75) is 70.9 Å². The predicted octanol–water partition coefficient (Wildman–Crippen LogP) is 2.73. The minimum absolute atomic E-state index is 0.0209. The fraction of sp³-hybridized carbons (Fsp3) is 0.583. The van der Waals surface area contributed by atoms with Crippen LogP contribution in [0.5, 0.6) is 0 Å². The smallest absolute Gasteiger partial charge is 0.258 e. The van der Waals surface area contributed by atoms with Gasteiger partial charge < -0.3 is 9.88 Å². The van der Waals surface area contributed by atoms with E-state index in [4.69, 9.17) is 0 Å². The number of fused-ring (bicyclic) bond motifs is 1. The molecule has 0 amide bonds. The largest absolute Gasteiger partial charge is 0.322 e. The van der Waals surface area contributed by atoms with E-state index in [1.54, 1.807) is 0 Å². The summed E-state index contributed by atoms with van der Waals surface area (Å²) in [5.74, 6) is 1.59. The number of nitrogens with one attached hydrogen (secondary N) is 2. The van der Waals surface area contributed by atoms with Crippen LogP contribution in [0.15, 0.2) is 29.1 Å². The third-order valence-electron chi connectivity index (χ3n) is 7.36. The molecule has 2 N–H and O–H groups in total. The Morgan fingerprint density at radius 2 is 1.87 bits per heavy atom. The molecule has 1 aliphatic heterocycles. The molecule has 1 aliphatic carbocycles. The summed E-state index contributed by atoms with van der Waals surface area (Å²) in [6.45, 7) is 6.44. The van der Waals surface area contributed by atoms with Gasteiger partial charge in [-0.05, 0) is 72.0 Å². The third kappa shape index (κ3) is 4.03. The standard InChI is InChI=1S/C24H32N6O/c1-16-10-12-29(13-11-16)22(23-26-27-28-30(23)19-6-4-3-5-7-19)20-15-18-9-8-17(2)14-21(18)25-24(20)31/h8-9,14-16,19,22H,3-7,10-13H2,1-2H3,(H,25,31)/p+1/t22-/m1/s1. The molecule has 0 radical (unpaired) electrons. The molecule has 0 bridgehead atoms. The summed E-state index contributed by atoms with van der Waals surface area (Å²) in [6, 6.07) is 8.51. The lowest BCUT2D eigenvalue weighted by Crippen LogP contribution is -3.13. The van der Waals surface area contributed by atoms with Crippen molar-refractivity contribution < 1.29 is 4.90 Å². The van der Waals surface area contributed by atoms with Gasteiger partial charge in [0.25, 0.3) is 5.56 Å². The minimum Gasteiger partial charge on any atom is -0.322 e. The number of H-pyrrole nitrogens is 1. The zero-order valence-electron chi connectivity index (χ0n) is 18.6. The van der Waals surface area contributed by atoms with Gasteiger partial charge in [-0.1, -0.05) is 38.3 Å². The summed E-state index contributed by atoms with van der Waals surface area (Å²) in [5, 5.41) is 14.1. The van der Waals surface area contributed by atoms with Gasteiger partial charge in [0.1, 0.15) is 0 Å². The molecule has 3 aromatic rings. The number of rotatable bonds is 4. The van der Waals surface area contributed by atoms with Crippen molar-refractivity contribution in [3.8, 4) is 0 Å². The van der Waals surface area contributed by atoms with Crippen LogP contribution in [0, 0.1) is 12.8 Å². The summed E-state index contributed by atoms with van der Waals surface area (Å²) in [4.78, 5) is 17.9. The van der Waals surface area contributed by atoms with Crippen LogP contribution in [-0.4, -0.2) is 38.3 Å². The summed E-state index contributed by atoms with van der Waals surface area (Å²) < 4.78 is 2.05. The maximum atomic E-state index is 13.3. The van der Waals surface area contributed by atoms with Crippen LogP contribution in [0.25, 0.3) is 10.9 Å². The number of aryl methyl sites for hydroxylation is 1. The number of aromatic amines is 1. The van der Waals surface area contributed by atoms with E-state index in [9.17, 15) is 4.79 Å². The van der Waals surface area contributed by atoms with Gasteiger partial charge in [-0.15, -0.1) is 5.10 Å². The van der Waals surface area contributed by atoms with Gasteiger partial charge in [0.05, 0.1) is 24.7 Å². The molecule has 7 nitrogen and oxygen atoms in total. The van der Waals surface area contributed by atoms with E-state index >= 15 is 0 Å². The monoisotopic (exact) mass is 421 g/mol. The first kappa shape index (κ1) is 20.4. The second-order valence-corrected chi connectivity index (χ2v) is 9.69. The first-order chi connectivity index (χ1) is 15.1. The number of hydrogen-bond acceptors (Lipinski definition) is 4. The van der Waals surface area contributed by atoms with Crippen molar-refractivity contribution in [3.63, 3.8) is 0 Å². The molecule has 2 aromatic heterocycles. The highest BCUT2D eigenvalue weighted by atomic mass is 16.1. The number of tetrazole rings is 1. The number of benzene rings is 1. The van der Waals surface area contributed by atoms with Gasteiger partial charge in [-0.3, -0.25) is 4.79 Å². The molecule has 7 heteroatoms. The third-order valence-corrected chi connectivity index (χ3v) is 7.36. The maximum absolute atomic E-state index is 13.3. The first-order valence-corrected chi connectivity index (χ1v) is 11.9. The van der Waals surface area contributed by atoms with Crippen molar-refractivity contribution >= 4 is 10.9 Å². The fourth-order valence-corrected chi connectivity index (χ4v) is 5.49. The van der Waals surface area contributed by atoms with Crippen LogP contribution in [0.2, 0.25) is 0 Å². The van der Waals surface area contributed by atoms with Crippen molar-refractivity contribution in [2.75, 3.05) is 13.1 Å². The molecule has 0 spiro atoms. The molecule has 0 unspecified atom stereocenters. The summed E-state index contributed by atoms with van der Waals surface area (Å²) in [7, 11) is 0. The lowest BCUT2D eigenvalue weighted by atomic mass is 9.93. The molecule has 1 aromatic carbocycles. The van der Waals surface area contributed by atoms with E-state index in [1.165, 1.54) is 37.0 Å². The Bertz CT molecular complexity index is 1100. The van der Waals surface area contributed by atoms with Gasteiger partial charge in [0, 0.05) is 5.52 Å². The number of pyridine rings is 1. The molecule has 1 atom stereocenters. The lowest BCUT2D eigenvalue weighted by Gasteiger charge is -2.34. The van der Waals surface area contributed by atoms with Gasteiger partial charge in [-0.25, -0.2) is 4.68 Å². The Balaban J connectivity index is 1.62. The Morgan fingerprint density at radius 3 is 2.65 bits per heavy atom. The number of hydrogen-bond donors (Lipinski definition) is 2. The molecular weight excluding hydrogens is 388 g/mol. The van der Waals surface area contributed by atoms with E-state index in [0.29, 0.717) is 6.04 Å². The molecule has 2 fully saturated rings. The normalized spacial score (nSPS) is 23.8. The molecule has 1 saturated carbocycles. The number of likely N-dealkylation sites (tertiary alicyclic amines) is 1. The highest BCUT2D eigenvalue weighted by molar-refractivity contribution is 5.79. The van der Waals surface area contributed by atoms with Crippen molar-refractivity contribution in [2.24, 2.45) is 5.92 Å². The molecule has 164 valence electrons. The zero-order valence-corrected chi connectivity index (χ0v) is 18.6. The van der Waals surface area contributed by atoms with E-state index in [2.05, 4.69) is 45.6 Å². The lowest BCUT2D eigenvalue weighted by molar-refractivity contribution is -0.932. The number of aromatic nitrogens is 5. The maximum Gasteiger partial charge on any atom is 0.258 e. The summed E-state index contributed by atoms with van der Waals surface area (Å²) in [5.41, 5.74) is 2.80. The topological polar surface area (TPSA) is 80.9 Å². The minimum atomic E-state index is -0.140. The summed E-state index contributed by atoms with van der Waals surface area (Å²) in [6.07, 6.45) is 8.30. The van der Waals surface area contributed by atoms with E-state index < -0.39 is 0 Å². The highest BCUT2D eigenvalue weighted by Gasteiger charge is 2.37. The van der Waals surface area contributed by atoms with Gasteiger partial charge in [0.2, 0.25) is 5.82 Å². The molecule has 2 aliphatic rings. The SMILES string of the molecule is Cc1ccc2cc([C@H](c3nnnn3C3CCCCC3)[NH+]3CCC(C)CC3)c(=O)[nH]c2c1. The second-order valence-electron chi connectivity index (χ2n) is 9.69. The Kier molecular flexibility index (Phi) is 5.61. The van der Waals surface area contributed by atoms with E-state index in [0.717, 1.165) is 59.7 Å². The van der Waals surface area contributed by atoms with Crippen LogP contribution in [0.3, 0.4) is 0 Å². The molecule has 1 saturated heterocycles. The first-order valence-electron chi connectivity index (χ1n) is 11.9. The van der Waals surface area contributed by atoms with Crippen LogP contribution in [0.1, 0.15) is 80.9 Å². The van der Waals surface area contributed by atoms with Crippen LogP contribution >= 0.6 is 0 Å². The molecule has 3 heterocycles. The highest BCUT2D eigenvalue weighted by Crippen LogP contribution is 2.30. The number of nitrogens with zero attached hydrogens (tertiary/aromatic N) is 4. The van der Waals surface area contributed by atoms with Crippen LogP contribution in [-0.2, 0) is 0 Å². The number of quaternary nitrogens is 1. The van der Waals surface area contributed by atoms with Crippen LogP contribution < -0.4 is 10.5 Å². The van der Waals surface area contributed by atoms with Crippen molar-refractivity contribution in [1.29, 1.82) is 0 Å². The second kappa shape index (κ2) is 8.54. The van der Waals surface area contributed by atoms with Gasteiger partial charge >= 0.3 is 0 Å². The molecule has 5 rings (SSSR count). The Labute approximate surface area is 182 Å². The summed E-state index contributed by atoms with van der Waals surface area (Å²) >= 11 is 0. The Hall–Kier alpha value is -2.54. The molecule has 31 heavy (non-hydrogen) atoms. The fourth-order valence-electron chi connectivity index (χ4n) is 5.49. The molecular formula is C24H33N6O+. The average Bonchev–Trinajstić information content (AvgIpc) is 3.26. The predicted molar refractivity (Wildman–Crippen MR) is 120 cm³/mol. The zero-order chi connectivity index (χ0) is 21.4. The van der Waals surface area contributed by atoms with E-state index in [1.807, 2.05) is 17.7 Å². The number of piperidine rings is 1. The van der Waals surface area contributed by atoms with Crippen molar-refractivity contribution in [3.05, 3.63) is 51.6 Å². The van der Waals surface area contributed by atoms with Gasteiger partial charge in [0.15, 0.2) is 6.04 Å². The van der Waals surface area contributed by atoms with Gasteiger partial charge in [-0.2, -0.15) is 0 Å². The van der Waals surface area contributed by atoms with Crippen molar-refractivity contribution in [1.82, 2.24) is 25.2 Å². The van der Waals surface area contributed by atoms with Crippen LogP contribution in [0.4, 0.5) is 0 Å². The average molecular weight is 422 g/mol. The quantitative estimate of drug-likeness (QED) is 0.679. The Morgan fingerprint density at radius 1 is 1.10 bits per heavy atom.